The minimum atomic E-state index is 0. The molecule has 0 saturated heterocycles. The third kappa shape index (κ3) is 4.10. The number of aromatic amines is 1. The number of nitriles is 1. The van der Waals surface area contributed by atoms with Crippen molar-refractivity contribution in [2.75, 3.05) is 11.9 Å². The van der Waals surface area contributed by atoms with Crippen LogP contribution in [0.4, 0.5) is 11.6 Å². The van der Waals surface area contributed by atoms with Gasteiger partial charge in [-0.05, 0) is 60.0 Å². The lowest BCUT2D eigenvalue weighted by atomic mass is 9.99. The van der Waals surface area contributed by atoms with Gasteiger partial charge in [-0.1, -0.05) is 6.07 Å². The standard InChI is InChI=1S/C22H18N6.ClH/c1-15-10-16(13-23)5-6-19(15)17-7-9-25-21(11-17)28(2)22-12-20(26-27-22)18-4-3-8-24-14-18;/h3-12,14H,1-2H3,(H,26,27);1H. The number of halogens is 1. The van der Waals surface area contributed by atoms with E-state index in [9.17, 15) is 0 Å². The van der Waals surface area contributed by atoms with Gasteiger partial charge in [0.05, 0.1) is 17.3 Å². The third-order valence-electron chi connectivity index (χ3n) is 4.64. The van der Waals surface area contributed by atoms with Crippen LogP contribution in [0.2, 0.25) is 0 Å². The number of rotatable bonds is 4. The third-order valence-corrected chi connectivity index (χ3v) is 4.64. The first-order valence-electron chi connectivity index (χ1n) is 8.82. The molecule has 0 bridgehead atoms. The van der Waals surface area contributed by atoms with E-state index in [0.717, 1.165) is 39.6 Å². The lowest BCUT2D eigenvalue weighted by Crippen LogP contribution is -2.11. The van der Waals surface area contributed by atoms with E-state index < -0.39 is 0 Å². The second-order valence-corrected chi connectivity index (χ2v) is 6.48. The predicted octanol–water partition coefficient (Wildman–Crippen LogP) is 4.90. The van der Waals surface area contributed by atoms with Gasteiger partial charge in [-0.3, -0.25) is 10.1 Å². The Morgan fingerprint density at radius 2 is 1.86 bits per heavy atom. The summed E-state index contributed by atoms with van der Waals surface area (Å²) in [6.45, 7) is 2.01. The van der Waals surface area contributed by atoms with Gasteiger partial charge in [0, 0.05) is 37.3 Å². The van der Waals surface area contributed by atoms with E-state index >= 15 is 0 Å². The van der Waals surface area contributed by atoms with Crippen molar-refractivity contribution in [1.29, 1.82) is 5.26 Å². The van der Waals surface area contributed by atoms with Crippen LogP contribution < -0.4 is 4.90 Å². The van der Waals surface area contributed by atoms with E-state index in [1.807, 2.05) is 67.4 Å². The van der Waals surface area contributed by atoms with Gasteiger partial charge >= 0.3 is 0 Å². The highest BCUT2D eigenvalue weighted by Crippen LogP contribution is 2.29. The van der Waals surface area contributed by atoms with Crippen molar-refractivity contribution in [3.8, 4) is 28.5 Å². The first-order chi connectivity index (χ1) is 13.7. The number of aryl methyl sites for hydroxylation is 1. The number of nitrogens with zero attached hydrogens (tertiary/aromatic N) is 5. The fourth-order valence-corrected chi connectivity index (χ4v) is 3.10. The van der Waals surface area contributed by atoms with E-state index in [4.69, 9.17) is 5.26 Å². The van der Waals surface area contributed by atoms with Gasteiger partial charge in [-0.25, -0.2) is 4.98 Å². The summed E-state index contributed by atoms with van der Waals surface area (Å²) in [5.41, 5.74) is 5.71. The molecule has 0 amide bonds. The van der Waals surface area contributed by atoms with E-state index in [0.29, 0.717) is 5.56 Å². The van der Waals surface area contributed by atoms with E-state index in [-0.39, 0.29) is 12.4 Å². The molecule has 29 heavy (non-hydrogen) atoms. The molecule has 0 fully saturated rings. The fourth-order valence-electron chi connectivity index (χ4n) is 3.10. The molecule has 0 unspecified atom stereocenters. The molecule has 3 aromatic heterocycles. The second-order valence-electron chi connectivity index (χ2n) is 6.48. The van der Waals surface area contributed by atoms with Crippen LogP contribution in [-0.4, -0.2) is 27.2 Å². The first kappa shape index (κ1) is 20.1. The van der Waals surface area contributed by atoms with Crippen LogP contribution in [0.5, 0.6) is 0 Å². The zero-order valence-corrected chi connectivity index (χ0v) is 16.8. The lowest BCUT2D eigenvalue weighted by Gasteiger charge is -2.16. The molecule has 0 aliphatic rings. The molecule has 4 aromatic rings. The lowest BCUT2D eigenvalue weighted by molar-refractivity contribution is 1.02. The molecule has 1 aromatic carbocycles. The Bertz CT molecular complexity index is 1160. The average Bonchev–Trinajstić information content (AvgIpc) is 3.24. The van der Waals surface area contributed by atoms with Crippen LogP contribution in [0, 0.1) is 18.3 Å². The summed E-state index contributed by atoms with van der Waals surface area (Å²) in [7, 11) is 1.93. The number of aromatic nitrogens is 4. The number of H-pyrrole nitrogens is 1. The summed E-state index contributed by atoms with van der Waals surface area (Å²) >= 11 is 0. The molecule has 0 atom stereocenters. The summed E-state index contributed by atoms with van der Waals surface area (Å²) in [6, 6.07) is 17.7. The zero-order chi connectivity index (χ0) is 19.5. The first-order valence-corrected chi connectivity index (χ1v) is 8.82. The van der Waals surface area contributed by atoms with Crippen molar-refractivity contribution < 1.29 is 0 Å². The highest BCUT2D eigenvalue weighted by molar-refractivity contribution is 5.85. The maximum atomic E-state index is 9.07. The normalized spacial score (nSPS) is 10.1. The largest absolute Gasteiger partial charge is 0.313 e. The van der Waals surface area contributed by atoms with Crippen LogP contribution in [0.25, 0.3) is 22.4 Å². The van der Waals surface area contributed by atoms with Gasteiger partial charge < -0.3 is 4.90 Å². The van der Waals surface area contributed by atoms with Gasteiger partial charge in [-0.2, -0.15) is 10.4 Å². The highest BCUT2D eigenvalue weighted by atomic mass is 35.5. The van der Waals surface area contributed by atoms with Crippen LogP contribution in [0.3, 0.4) is 0 Å². The molecule has 0 spiro atoms. The molecule has 6 nitrogen and oxygen atoms in total. The van der Waals surface area contributed by atoms with Crippen molar-refractivity contribution in [2.45, 2.75) is 6.92 Å². The van der Waals surface area contributed by atoms with Crippen molar-refractivity contribution in [3.63, 3.8) is 0 Å². The van der Waals surface area contributed by atoms with Gasteiger partial charge in [0.1, 0.15) is 5.82 Å². The van der Waals surface area contributed by atoms with Crippen LogP contribution in [-0.2, 0) is 0 Å². The molecule has 7 heteroatoms. The summed E-state index contributed by atoms with van der Waals surface area (Å²) in [5.74, 6) is 1.55. The van der Waals surface area contributed by atoms with Gasteiger partial charge in [0.25, 0.3) is 0 Å². The summed E-state index contributed by atoms with van der Waals surface area (Å²) < 4.78 is 0. The van der Waals surface area contributed by atoms with E-state index in [2.05, 4.69) is 26.2 Å². The molecule has 1 N–H and O–H groups in total. The molecule has 0 saturated carbocycles. The van der Waals surface area contributed by atoms with Crippen molar-refractivity contribution in [3.05, 3.63) is 78.2 Å². The molecule has 0 radical (unpaired) electrons. The fraction of sp³-hybridized carbons (Fsp3) is 0.0909. The van der Waals surface area contributed by atoms with Crippen LogP contribution in [0.1, 0.15) is 11.1 Å². The highest BCUT2D eigenvalue weighted by Gasteiger charge is 2.12. The minimum absolute atomic E-state index is 0. The number of hydrogen-bond acceptors (Lipinski definition) is 5. The van der Waals surface area contributed by atoms with Crippen molar-refractivity contribution in [2.24, 2.45) is 0 Å². The summed E-state index contributed by atoms with van der Waals surface area (Å²) in [6.07, 6.45) is 5.32. The second kappa shape index (κ2) is 8.55. The Labute approximate surface area is 175 Å². The Kier molecular flexibility index (Phi) is 5.91. The number of benzene rings is 1. The number of hydrogen-bond donors (Lipinski definition) is 1. The van der Waals surface area contributed by atoms with E-state index in [1.165, 1.54) is 0 Å². The SMILES string of the molecule is Cc1cc(C#N)ccc1-c1ccnc(N(C)c2cc(-c3cccnc3)[nH]n2)c1.Cl. The quantitative estimate of drug-likeness (QED) is 0.524. The topological polar surface area (TPSA) is 81.5 Å². The van der Waals surface area contributed by atoms with Crippen LogP contribution in [0.15, 0.2) is 67.1 Å². The Morgan fingerprint density at radius 3 is 2.59 bits per heavy atom. The number of pyridine rings is 2. The molecule has 0 aliphatic heterocycles. The maximum absolute atomic E-state index is 9.07. The predicted molar refractivity (Wildman–Crippen MR) is 116 cm³/mol. The average molecular weight is 403 g/mol. The molecule has 3 heterocycles. The summed E-state index contributed by atoms with van der Waals surface area (Å²) in [5, 5.41) is 16.5. The molecule has 0 aliphatic carbocycles. The monoisotopic (exact) mass is 402 g/mol. The van der Waals surface area contributed by atoms with Gasteiger partial charge in [-0.15, -0.1) is 12.4 Å². The van der Waals surface area contributed by atoms with E-state index in [1.54, 1.807) is 18.6 Å². The Hall–Kier alpha value is -3.69. The zero-order valence-electron chi connectivity index (χ0n) is 16.0. The van der Waals surface area contributed by atoms with Gasteiger partial charge in [0.2, 0.25) is 0 Å². The van der Waals surface area contributed by atoms with Crippen LogP contribution >= 0.6 is 12.4 Å². The number of anilines is 2. The van der Waals surface area contributed by atoms with Crippen molar-refractivity contribution >= 4 is 24.0 Å². The smallest absolute Gasteiger partial charge is 0.156 e. The number of nitrogens with one attached hydrogen (secondary N) is 1. The van der Waals surface area contributed by atoms with Crippen molar-refractivity contribution in [1.82, 2.24) is 20.2 Å². The van der Waals surface area contributed by atoms with Gasteiger partial charge in [0.15, 0.2) is 5.82 Å². The Morgan fingerprint density at radius 1 is 1.00 bits per heavy atom. The minimum Gasteiger partial charge on any atom is -0.313 e. The molecular weight excluding hydrogens is 384 g/mol. The maximum Gasteiger partial charge on any atom is 0.156 e. The molecular formula is C22H19ClN6. The Balaban J connectivity index is 0.00000240. The molecule has 4 rings (SSSR count). The molecule has 144 valence electrons. The summed E-state index contributed by atoms with van der Waals surface area (Å²) in [4.78, 5) is 10.6.